The lowest BCUT2D eigenvalue weighted by molar-refractivity contribution is -0.129. The van der Waals surface area contributed by atoms with Gasteiger partial charge in [0.15, 0.2) is 0 Å². The van der Waals surface area contributed by atoms with Crippen molar-refractivity contribution >= 4 is 11.8 Å². The van der Waals surface area contributed by atoms with Gasteiger partial charge in [0.25, 0.3) is 0 Å². The standard InChI is InChI=1S/C16H19FN2O2/c1-10-2-3-11(6-14(10)17)8-18-16(21)12-7-15(20)19(9-12)13-4-5-13/h2-3,6,12-13H,4-5,7-9H2,1H3,(H,18,21)/t12-/m0/s1. The van der Waals surface area contributed by atoms with Crippen LogP contribution in [0.15, 0.2) is 18.2 Å². The quantitative estimate of drug-likeness (QED) is 0.918. The molecule has 1 aliphatic carbocycles. The molecule has 0 aromatic heterocycles. The maximum atomic E-state index is 13.4. The monoisotopic (exact) mass is 290 g/mol. The molecule has 1 saturated heterocycles. The number of nitrogens with one attached hydrogen (secondary N) is 1. The first-order chi connectivity index (χ1) is 10.0. The highest BCUT2D eigenvalue weighted by Gasteiger charge is 2.41. The molecule has 21 heavy (non-hydrogen) atoms. The van der Waals surface area contributed by atoms with Crippen molar-refractivity contribution in [2.45, 2.75) is 38.8 Å². The molecule has 2 amide bonds. The number of likely N-dealkylation sites (tertiary alicyclic amines) is 1. The number of carbonyl (C=O) groups is 2. The zero-order chi connectivity index (χ0) is 15.0. The van der Waals surface area contributed by atoms with Crippen LogP contribution in [0.3, 0.4) is 0 Å². The molecule has 1 saturated carbocycles. The Balaban J connectivity index is 1.54. The Labute approximate surface area is 123 Å². The van der Waals surface area contributed by atoms with E-state index < -0.39 is 0 Å². The number of halogens is 1. The van der Waals surface area contributed by atoms with Crippen LogP contribution in [0.2, 0.25) is 0 Å². The summed E-state index contributed by atoms with van der Waals surface area (Å²) in [5, 5.41) is 2.80. The lowest BCUT2D eigenvalue weighted by Gasteiger charge is -2.15. The number of benzene rings is 1. The average molecular weight is 290 g/mol. The molecule has 112 valence electrons. The summed E-state index contributed by atoms with van der Waals surface area (Å²) >= 11 is 0. The van der Waals surface area contributed by atoms with Gasteiger partial charge in [-0.25, -0.2) is 4.39 Å². The predicted molar refractivity (Wildman–Crippen MR) is 75.8 cm³/mol. The zero-order valence-electron chi connectivity index (χ0n) is 12.1. The summed E-state index contributed by atoms with van der Waals surface area (Å²) in [6.45, 7) is 2.52. The van der Waals surface area contributed by atoms with Crippen LogP contribution in [-0.4, -0.2) is 29.3 Å². The number of hydrogen-bond donors (Lipinski definition) is 1. The van der Waals surface area contributed by atoms with Crippen molar-refractivity contribution in [1.29, 1.82) is 0 Å². The molecule has 0 bridgehead atoms. The van der Waals surface area contributed by atoms with Gasteiger partial charge in [-0.2, -0.15) is 0 Å². The molecule has 5 heteroatoms. The molecule has 3 rings (SSSR count). The fourth-order valence-electron chi connectivity index (χ4n) is 2.73. The lowest BCUT2D eigenvalue weighted by atomic mass is 10.1. The second-order valence-corrected chi connectivity index (χ2v) is 5.98. The van der Waals surface area contributed by atoms with Crippen LogP contribution in [0.4, 0.5) is 4.39 Å². The lowest BCUT2D eigenvalue weighted by Crippen LogP contribution is -2.33. The molecule has 1 aromatic rings. The number of carbonyl (C=O) groups excluding carboxylic acids is 2. The molecule has 1 heterocycles. The Morgan fingerprint density at radius 2 is 2.19 bits per heavy atom. The van der Waals surface area contributed by atoms with E-state index in [-0.39, 0.29) is 23.5 Å². The van der Waals surface area contributed by atoms with Gasteiger partial charge in [-0.05, 0) is 37.0 Å². The van der Waals surface area contributed by atoms with E-state index in [0.29, 0.717) is 31.1 Å². The first-order valence-corrected chi connectivity index (χ1v) is 7.37. The highest BCUT2D eigenvalue weighted by Crippen LogP contribution is 2.32. The largest absolute Gasteiger partial charge is 0.352 e. The Morgan fingerprint density at radius 1 is 1.43 bits per heavy atom. The van der Waals surface area contributed by atoms with Crippen LogP contribution < -0.4 is 5.32 Å². The number of nitrogens with zero attached hydrogens (tertiary/aromatic N) is 1. The number of aryl methyl sites for hydroxylation is 1. The minimum atomic E-state index is -0.270. The van der Waals surface area contributed by atoms with E-state index in [2.05, 4.69) is 5.32 Å². The number of amides is 2. The van der Waals surface area contributed by atoms with Gasteiger partial charge < -0.3 is 10.2 Å². The summed E-state index contributed by atoms with van der Waals surface area (Å²) in [5.74, 6) is -0.572. The minimum absolute atomic E-state index is 0.0824. The smallest absolute Gasteiger partial charge is 0.225 e. The Morgan fingerprint density at radius 3 is 2.86 bits per heavy atom. The molecule has 0 radical (unpaired) electrons. The molecule has 2 fully saturated rings. The van der Waals surface area contributed by atoms with Crippen molar-refractivity contribution in [3.63, 3.8) is 0 Å². The van der Waals surface area contributed by atoms with E-state index in [9.17, 15) is 14.0 Å². The fourth-order valence-corrected chi connectivity index (χ4v) is 2.73. The zero-order valence-corrected chi connectivity index (χ0v) is 12.1. The first kappa shape index (κ1) is 14.0. The molecule has 4 nitrogen and oxygen atoms in total. The molecule has 1 N–H and O–H groups in total. The summed E-state index contributed by atoms with van der Waals surface area (Å²) in [5.41, 5.74) is 1.32. The molecule has 0 unspecified atom stereocenters. The van der Waals surface area contributed by atoms with E-state index in [1.165, 1.54) is 6.07 Å². The van der Waals surface area contributed by atoms with Gasteiger partial charge in [-0.1, -0.05) is 12.1 Å². The second-order valence-electron chi connectivity index (χ2n) is 5.98. The van der Waals surface area contributed by atoms with Gasteiger partial charge in [0.05, 0.1) is 5.92 Å². The van der Waals surface area contributed by atoms with Crippen molar-refractivity contribution in [3.8, 4) is 0 Å². The summed E-state index contributed by atoms with van der Waals surface area (Å²) in [4.78, 5) is 25.8. The predicted octanol–water partition coefficient (Wildman–Crippen LogP) is 1.76. The van der Waals surface area contributed by atoms with E-state index in [1.54, 1.807) is 19.1 Å². The molecule has 1 atom stereocenters. The number of rotatable bonds is 4. The molecule has 1 aromatic carbocycles. The Bertz CT molecular complexity index is 584. The Hall–Kier alpha value is -1.91. The SMILES string of the molecule is Cc1ccc(CNC(=O)[C@H]2CC(=O)N(C3CC3)C2)cc1F. The van der Waals surface area contributed by atoms with Crippen molar-refractivity contribution in [2.75, 3.05) is 6.54 Å². The molecular weight excluding hydrogens is 271 g/mol. The van der Waals surface area contributed by atoms with Crippen LogP contribution in [0.25, 0.3) is 0 Å². The average Bonchev–Trinajstić information content (AvgIpc) is 3.22. The second kappa shape index (κ2) is 5.47. The van der Waals surface area contributed by atoms with Crippen molar-refractivity contribution < 1.29 is 14.0 Å². The van der Waals surface area contributed by atoms with Crippen molar-refractivity contribution in [2.24, 2.45) is 5.92 Å². The maximum Gasteiger partial charge on any atom is 0.225 e. The topological polar surface area (TPSA) is 49.4 Å². The molecule has 1 aliphatic heterocycles. The fraction of sp³-hybridized carbons (Fsp3) is 0.500. The molecular formula is C16H19FN2O2. The number of hydrogen-bond acceptors (Lipinski definition) is 2. The summed E-state index contributed by atoms with van der Waals surface area (Å²) in [6.07, 6.45) is 2.41. The van der Waals surface area contributed by atoms with E-state index >= 15 is 0 Å². The first-order valence-electron chi connectivity index (χ1n) is 7.37. The van der Waals surface area contributed by atoms with Crippen LogP contribution in [-0.2, 0) is 16.1 Å². The third-order valence-corrected chi connectivity index (χ3v) is 4.22. The van der Waals surface area contributed by atoms with Gasteiger partial charge in [-0.3, -0.25) is 9.59 Å². The highest BCUT2D eigenvalue weighted by molar-refractivity contribution is 5.89. The van der Waals surface area contributed by atoms with E-state index in [1.807, 2.05) is 4.90 Å². The summed E-state index contributed by atoms with van der Waals surface area (Å²) in [6, 6.07) is 5.30. The maximum absolute atomic E-state index is 13.4. The summed E-state index contributed by atoms with van der Waals surface area (Å²) in [7, 11) is 0. The van der Waals surface area contributed by atoms with Gasteiger partial charge >= 0.3 is 0 Å². The van der Waals surface area contributed by atoms with Gasteiger partial charge in [-0.15, -0.1) is 0 Å². The van der Waals surface area contributed by atoms with Crippen molar-refractivity contribution in [3.05, 3.63) is 35.1 Å². The van der Waals surface area contributed by atoms with Gasteiger partial charge in [0.1, 0.15) is 5.82 Å². The molecule has 0 spiro atoms. The van der Waals surface area contributed by atoms with Crippen LogP contribution in [0.1, 0.15) is 30.4 Å². The van der Waals surface area contributed by atoms with Gasteiger partial charge in [0.2, 0.25) is 11.8 Å². The molecule has 2 aliphatic rings. The van der Waals surface area contributed by atoms with Crippen LogP contribution >= 0.6 is 0 Å². The Kier molecular flexibility index (Phi) is 3.66. The van der Waals surface area contributed by atoms with E-state index in [0.717, 1.165) is 18.4 Å². The van der Waals surface area contributed by atoms with Crippen molar-refractivity contribution in [1.82, 2.24) is 10.2 Å². The normalized spacial score (nSPS) is 21.7. The third-order valence-electron chi connectivity index (χ3n) is 4.22. The van der Waals surface area contributed by atoms with E-state index in [4.69, 9.17) is 0 Å². The minimum Gasteiger partial charge on any atom is -0.352 e. The van der Waals surface area contributed by atoms with Crippen LogP contribution in [0.5, 0.6) is 0 Å². The van der Waals surface area contributed by atoms with Gasteiger partial charge in [0, 0.05) is 25.6 Å². The van der Waals surface area contributed by atoms with Crippen LogP contribution in [0, 0.1) is 18.7 Å². The highest BCUT2D eigenvalue weighted by atomic mass is 19.1. The third kappa shape index (κ3) is 3.06. The summed E-state index contributed by atoms with van der Waals surface area (Å²) < 4.78 is 13.4.